The molecule has 0 spiro atoms. The molecule has 3 heteroatoms. The lowest BCUT2D eigenvalue weighted by Crippen LogP contribution is -2.22. The zero-order valence-electron chi connectivity index (χ0n) is 8.55. The molecule has 0 aromatic heterocycles. The van der Waals surface area contributed by atoms with Crippen LogP contribution in [0.2, 0.25) is 0 Å². The third-order valence-corrected chi connectivity index (χ3v) is 0.973. The second kappa shape index (κ2) is 8.59. The number of amides is 1. The number of allylic oxidation sites excluding steroid dienone is 2. The third-order valence-electron chi connectivity index (χ3n) is 0.973. The van der Waals surface area contributed by atoms with Gasteiger partial charge in [-0.3, -0.25) is 4.79 Å². The summed E-state index contributed by atoms with van der Waals surface area (Å²) in [6.45, 7) is 12.4. The van der Waals surface area contributed by atoms with Crippen LogP contribution in [-0.4, -0.2) is 5.91 Å². The highest BCUT2D eigenvalue weighted by Gasteiger charge is 1.97. The van der Waals surface area contributed by atoms with Crippen LogP contribution < -0.4 is 11.1 Å². The van der Waals surface area contributed by atoms with Gasteiger partial charge in [-0.2, -0.15) is 0 Å². The highest BCUT2D eigenvalue weighted by molar-refractivity contribution is 5.75. The first-order chi connectivity index (χ1) is 6.07. The standard InChI is InChI=1S/C8H12N2O.C2H6/c1-4-5-8(9)6(2)10-7(3)11;1-2/h4-5H,1-2,9H2,3H3,(H,10,11);1-2H3/b8-5+;. The van der Waals surface area contributed by atoms with Crippen molar-refractivity contribution in [2.24, 2.45) is 5.73 Å². The van der Waals surface area contributed by atoms with Gasteiger partial charge in [0, 0.05) is 6.92 Å². The largest absolute Gasteiger partial charge is 0.397 e. The fourth-order valence-electron chi connectivity index (χ4n) is 0.512. The molecule has 0 radical (unpaired) electrons. The van der Waals surface area contributed by atoms with Gasteiger partial charge in [-0.15, -0.1) is 0 Å². The first-order valence-electron chi connectivity index (χ1n) is 4.13. The summed E-state index contributed by atoms with van der Waals surface area (Å²) in [7, 11) is 0. The number of nitrogens with two attached hydrogens (primary N) is 1. The van der Waals surface area contributed by atoms with E-state index in [-0.39, 0.29) is 5.91 Å². The molecule has 0 heterocycles. The van der Waals surface area contributed by atoms with Crippen molar-refractivity contribution in [2.75, 3.05) is 0 Å². The van der Waals surface area contributed by atoms with Crippen LogP contribution in [0.15, 0.2) is 36.7 Å². The Balaban J connectivity index is 0. The Morgan fingerprint density at radius 3 is 2.23 bits per heavy atom. The van der Waals surface area contributed by atoms with Crippen molar-refractivity contribution in [3.05, 3.63) is 36.7 Å². The number of hydrogen-bond donors (Lipinski definition) is 2. The topological polar surface area (TPSA) is 55.1 Å². The Hall–Kier alpha value is -1.51. The van der Waals surface area contributed by atoms with Gasteiger partial charge in [0.15, 0.2) is 0 Å². The van der Waals surface area contributed by atoms with Crippen LogP contribution >= 0.6 is 0 Å². The molecule has 74 valence electrons. The Bertz CT molecular complexity index is 217. The molecule has 3 nitrogen and oxygen atoms in total. The average molecular weight is 182 g/mol. The summed E-state index contributed by atoms with van der Waals surface area (Å²) >= 11 is 0. The van der Waals surface area contributed by atoms with E-state index in [2.05, 4.69) is 18.5 Å². The van der Waals surface area contributed by atoms with Crippen molar-refractivity contribution < 1.29 is 4.79 Å². The molecule has 0 aromatic carbocycles. The molecule has 0 aliphatic heterocycles. The van der Waals surface area contributed by atoms with Crippen molar-refractivity contribution in [2.45, 2.75) is 20.8 Å². The number of carbonyl (C=O) groups excluding carboxylic acids is 1. The Kier molecular flexibility index (Phi) is 9.27. The van der Waals surface area contributed by atoms with Crippen molar-refractivity contribution in [1.82, 2.24) is 5.32 Å². The quantitative estimate of drug-likeness (QED) is 0.652. The monoisotopic (exact) mass is 182 g/mol. The molecule has 1 amide bonds. The number of carbonyl (C=O) groups is 1. The summed E-state index contributed by atoms with van der Waals surface area (Å²) in [6.07, 6.45) is 3.10. The Morgan fingerprint density at radius 2 is 1.92 bits per heavy atom. The highest BCUT2D eigenvalue weighted by atomic mass is 16.1. The molecule has 0 aliphatic carbocycles. The number of rotatable bonds is 3. The summed E-state index contributed by atoms with van der Waals surface area (Å²) in [5.74, 6) is -0.185. The van der Waals surface area contributed by atoms with Gasteiger partial charge >= 0.3 is 0 Å². The minimum absolute atomic E-state index is 0.185. The summed E-state index contributed by atoms with van der Waals surface area (Å²) in [6, 6.07) is 0. The van der Waals surface area contributed by atoms with Crippen LogP contribution in [0, 0.1) is 0 Å². The van der Waals surface area contributed by atoms with Gasteiger partial charge in [0.2, 0.25) is 5.91 Å². The second-order valence-corrected chi connectivity index (χ2v) is 2.02. The lowest BCUT2D eigenvalue weighted by atomic mass is 10.3. The minimum Gasteiger partial charge on any atom is -0.397 e. The van der Waals surface area contributed by atoms with E-state index >= 15 is 0 Å². The van der Waals surface area contributed by atoms with Gasteiger partial charge in [0.25, 0.3) is 0 Å². The van der Waals surface area contributed by atoms with E-state index in [1.165, 1.54) is 13.0 Å². The lowest BCUT2D eigenvalue weighted by Gasteiger charge is -2.04. The summed E-state index contributed by atoms with van der Waals surface area (Å²) < 4.78 is 0. The van der Waals surface area contributed by atoms with Crippen LogP contribution in [0.3, 0.4) is 0 Å². The van der Waals surface area contributed by atoms with E-state index in [0.29, 0.717) is 11.4 Å². The first-order valence-corrected chi connectivity index (χ1v) is 4.13. The van der Waals surface area contributed by atoms with Gasteiger partial charge in [0.05, 0.1) is 11.4 Å². The van der Waals surface area contributed by atoms with Gasteiger partial charge in [-0.1, -0.05) is 33.1 Å². The highest BCUT2D eigenvalue weighted by Crippen LogP contribution is 1.95. The summed E-state index contributed by atoms with van der Waals surface area (Å²) in [4.78, 5) is 10.5. The van der Waals surface area contributed by atoms with E-state index in [0.717, 1.165) is 0 Å². The molecule has 0 saturated carbocycles. The molecular formula is C10H18N2O. The predicted octanol–water partition coefficient (Wildman–Crippen LogP) is 1.69. The lowest BCUT2D eigenvalue weighted by molar-refractivity contribution is -0.118. The van der Waals surface area contributed by atoms with Crippen LogP contribution in [0.4, 0.5) is 0 Å². The van der Waals surface area contributed by atoms with Crippen LogP contribution in [-0.2, 0) is 4.79 Å². The summed E-state index contributed by atoms with van der Waals surface area (Å²) in [5, 5.41) is 2.45. The zero-order valence-corrected chi connectivity index (χ0v) is 8.55. The van der Waals surface area contributed by atoms with Gasteiger partial charge in [-0.05, 0) is 6.08 Å². The molecule has 0 bridgehead atoms. The van der Waals surface area contributed by atoms with Crippen LogP contribution in [0.25, 0.3) is 0 Å². The smallest absolute Gasteiger partial charge is 0.221 e. The van der Waals surface area contributed by atoms with Gasteiger partial charge in [-0.25, -0.2) is 0 Å². The molecule has 0 aromatic rings. The SMILES string of the molecule is C=C/C=C(/N)C(=C)NC(C)=O.CC. The van der Waals surface area contributed by atoms with Crippen molar-refractivity contribution >= 4 is 5.91 Å². The summed E-state index contributed by atoms with van der Waals surface area (Å²) in [5.41, 5.74) is 6.26. The van der Waals surface area contributed by atoms with Crippen LogP contribution in [0.1, 0.15) is 20.8 Å². The second-order valence-electron chi connectivity index (χ2n) is 2.02. The van der Waals surface area contributed by atoms with E-state index in [4.69, 9.17) is 5.73 Å². The van der Waals surface area contributed by atoms with Crippen molar-refractivity contribution in [1.29, 1.82) is 0 Å². The van der Waals surface area contributed by atoms with Gasteiger partial charge < -0.3 is 11.1 Å². The molecule has 0 saturated heterocycles. The fraction of sp³-hybridized carbons (Fsp3) is 0.300. The van der Waals surface area contributed by atoms with E-state index in [9.17, 15) is 4.79 Å². The first kappa shape index (κ1) is 14.0. The molecular weight excluding hydrogens is 164 g/mol. The molecule has 0 aliphatic rings. The molecule has 13 heavy (non-hydrogen) atoms. The molecule has 0 fully saturated rings. The molecule has 3 N–H and O–H groups in total. The minimum atomic E-state index is -0.185. The maximum Gasteiger partial charge on any atom is 0.221 e. The predicted molar refractivity (Wildman–Crippen MR) is 56.8 cm³/mol. The Labute approximate surface area is 80.0 Å². The number of hydrogen-bond acceptors (Lipinski definition) is 2. The van der Waals surface area contributed by atoms with Crippen LogP contribution in [0.5, 0.6) is 0 Å². The van der Waals surface area contributed by atoms with Crippen molar-refractivity contribution in [3.63, 3.8) is 0 Å². The average Bonchev–Trinajstić information content (AvgIpc) is 2.07. The maximum absolute atomic E-state index is 10.5. The number of nitrogens with one attached hydrogen (secondary N) is 1. The van der Waals surface area contributed by atoms with E-state index in [1.54, 1.807) is 6.08 Å². The fourth-order valence-corrected chi connectivity index (χ4v) is 0.512. The Morgan fingerprint density at radius 1 is 1.46 bits per heavy atom. The van der Waals surface area contributed by atoms with Gasteiger partial charge in [0.1, 0.15) is 0 Å². The molecule has 0 atom stereocenters. The maximum atomic E-state index is 10.5. The molecule has 0 unspecified atom stereocenters. The van der Waals surface area contributed by atoms with E-state index < -0.39 is 0 Å². The van der Waals surface area contributed by atoms with Crippen molar-refractivity contribution in [3.8, 4) is 0 Å². The third kappa shape index (κ3) is 8.40. The normalized spacial score (nSPS) is 9.31. The zero-order chi connectivity index (χ0) is 10.9. The van der Waals surface area contributed by atoms with E-state index in [1.807, 2.05) is 13.8 Å². The molecule has 0 rings (SSSR count).